The van der Waals surface area contributed by atoms with E-state index in [-0.39, 0.29) is 0 Å². The van der Waals surface area contributed by atoms with E-state index >= 15 is 0 Å². The van der Waals surface area contributed by atoms with Crippen LogP contribution in [0.4, 0.5) is 5.13 Å². The molecule has 0 amide bonds. The number of para-hydroxylation sites is 1. The first-order valence-corrected chi connectivity index (χ1v) is 10.6. The van der Waals surface area contributed by atoms with Crippen LogP contribution in [0.15, 0.2) is 40.8 Å². The van der Waals surface area contributed by atoms with Gasteiger partial charge < -0.3 is 20.3 Å². The molecule has 0 spiro atoms. The molecule has 1 aromatic heterocycles. The first-order valence-electron chi connectivity index (χ1n) is 9.73. The second-order valence-corrected chi connectivity index (χ2v) is 7.97. The van der Waals surface area contributed by atoms with Crippen molar-refractivity contribution in [2.45, 2.75) is 38.3 Å². The van der Waals surface area contributed by atoms with Gasteiger partial charge >= 0.3 is 0 Å². The van der Waals surface area contributed by atoms with Crippen LogP contribution in [0.25, 0.3) is 0 Å². The predicted molar refractivity (Wildman–Crippen MR) is 111 cm³/mol. The highest BCUT2D eigenvalue weighted by atomic mass is 32.1. The SMILES string of the molecule is NC(=NCc1ccccc1OC1CCCC1)N1CCN(c2nccs2)CC1. The van der Waals surface area contributed by atoms with E-state index in [1.807, 2.05) is 29.8 Å². The lowest BCUT2D eigenvalue weighted by Gasteiger charge is -2.35. The van der Waals surface area contributed by atoms with Crippen LogP contribution < -0.4 is 15.4 Å². The fourth-order valence-electron chi connectivity index (χ4n) is 3.70. The second-order valence-electron chi connectivity index (χ2n) is 7.10. The summed E-state index contributed by atoms with van der Waals surface area (Å²) in [5, 5.41) is 3.10. The van der Waals surface area contributed by atoms with E-state index in [9.17, 15) is 0 Å². The molecular weight excluding hydrogens is 358 g/mol. The molecule has 7 heteroatoms. The van der Waals surface area contributed by atoms with Gasteiger partial charge in [0.1, 0.15) is 5.75 Å². The molecule has 2 heterocycles. The third-order valence-electron chi connectivity index (χ3n) is 5.27. The predicted octanol–water partition coefficient (Wildman–Crippen LogP) is 3.10. The van der Waals surface area contributed by atoms with Crippen molar-refractivity contribution in [2.75, 3.05) is 31.1 Å². The maximum Gasteiger partial charge on any atom is 0.191 e. The number of nitrogens with zero attached hydrogens (tertiary/aromatic N) is 4. The topological polar surface area (TPSA) is 67.0 Å². The molecule has 27 heavy (non-hydrogen) atoms. The quantitative estimate of drug-likeness (QED) is 0.633. The fraction of sp³-hybridized carbons (Fsp3) is 0.500. The van der Waals surface area contributed by atoms with Gasteiger partial charge in [-0.15, -0.1) is 11.3 Å². The zero-order chi connectivity index (χ0) is 18.5. The molecule has 1 aromatic carbocycles. The van der Waals surface area contributed by atoms with Crippen LogP contribution in [0.3, 0.4) is 0 Å². The minimum atomic E-state index is 0.353. The Labute approximate surface area is 164 Å². The van der Waals surface area contributed by atoms with Crippen LogP contribution in [-0.4, -0.2) is 48.1 Å². The van der Waals surface area contributed by atoms with Gasteiger partial charge in [-0.2, -0.15) is 0 Å². The molecule has 1 aliphatic carbocycles. The summed E-state index contributed by atoms with van der Waals surface area (Å²) in [6, 6.07) is 8.20. The maximum absolute atomic E-state index is 6.28. The van der Waals surface area contributed by atoms with E-state index in [1.165, 1.54) is 12.8 Å². The molecule has 0 radical (unpaired) electrons. The van der Waals surface area contributed by atoms with Crippen molar-refractivity contribution >= 4 is 22.4 Å². The Hall–Kier alpha value is -2.28. The van der Waals surface area contributed by atoms with Gasteiger partial charge in [-0.1, -0.05) is 18.2 Å². The third-order valence-corrected chi connectivity index (χ3v) is 6.11. The van der Waals surface area contributed by atoms with Gasteiger partial charge in [-0.05, 0) is 31.7 Å². The molecule has 2 aromatic rings. The highest BCUT2D eigenvalue weighted by Crippen LogP contribution is 2.27. The van der Waals surface area contributed by atoms with Crippen molar-refractivity contribution in [3.63, 3.8) is 0 Å². The molecule has 2 aliphatic rings. The van der Waals surface area contributed by atoms with Gasteiger partial charge in [0.2, 0.25) is 0 Å². The summed E-state index contributed by atoms with van der Waals surface area (Å²) in [5.74, 6) is 1.57. The van der Waals surface area contributed by atoms with E-state index in [1.54, 1.807) is 11.3 Å². The minimum absolute atomic E-state index is 0.353. The van der Waals surface area contributed by atoms with Crippen LogP contribution in [0, 0.1) is 0 Å². The Morgan fingerprint density at radius 2 is 1.96 bits per heavy atom. The highest BCUT2D eigenvalue weighted by Gasteiger charge is 2.20. The number of ether oxygens (including phenoxy) is 1. The van der Waals surface area contributed by atoms with Crippen molar-refractivity contribution in [3.05, 3.63) is 41.4 Å². The van der Waals surface area contributed by atoms with E-state index in [4.69, 9.17) is 10.5 Å². The van der Waals surface area contributed by atoms with Gasteiger partial charge in [0.15, 0.2) is 11.1 Å². The number of nitrogens with two attached hydrogens (primary N) is 1. The Kier molecular flexibility index (Phi) is 5.77. The Balaban J connectivity index is 1.34. The molecule has 0 bridgehead atoms. The molecule has 1 saturated carbocycles. The molecule has 144 valence electrons. The van der Waals surface area contributed by atoms with Crippen LogP contribution in [-0.2, 0) is 6.54 Å². The zero-order valence-electron chi connectivity index (χ0n) is 15.6. The number of benzene rings is 1. The van der Waals surface area contributed by atoms with Crippen molar-refractivity contribution < 1.29 is 4.74 Å². The summed E-state index contributed by atoms with van der Waals surface area (Å²) in [5.41, 5.74) is 7.38. The van der Waals surface area contributed by atoms with Crippen molar-refractivity contribution in [3.8, 4) is 5.75 Å². The first kappa shape index (κ1) is 18.1. The molecule has 4 rings (SSSR count). The molecule has 0 unspecified atom stereocenters. The smallest absolute Gasteiger partial charge is 0.191 e. The normalized spacial score (nSPS) is 18.9. The van der Waals surface area contributed by atoms with Crippen molar-refractivity contribution in [1.82, 2.24) is 9.88 Å². The van der Waals surface area contributed by atoms with Crippen molar-refractivity contribution in [1.29, 1.82) is 0 Å². The first-order chi connectivity index (χ1) is 13.3. The number of anilines is 1. The number of aliphatic imine (C=N–C) groups is 1. The molecule has 2 N–H and O–H groups in total. The highest BCUT2D eigenvalue weighted by molar-refractivity contribution is 7.13. The number of aromatic nitrogens is 1. The Bertz CT molecular complexity index is 749. The number of rotatable bonds is 5. The zero-order valence-corrected chi connectivity index (χ0v) is 16.4. The van der Waals surface area contributed by atoms with Crippen LogP contribution >= 0.6 is 11.3 Å². The monoisotopic (exact) mass is 385 g/mol. The Morgan fingerprint density at radius 1 is 1.19 bits per heavy atom. The van der Waals surface area contributed by atoms with Gasteiger partial charge in [0.25, 0.3) is 0 Å². The molecule has 6 nitrogen and oxygen atoms in total. The van der Waals surface area contributed by atoms with E-state index in [0.717, 1.165) is 55.5 Å². The summed E-state index contributed by atoms with van der Waals surface area (Å²) in [4.78, 5) is 13.5. The van der Waals surface area contributed by atoms with Gasteiger partial charge in [-0.25, -0.2) is 9.98 Å². The number of guanidine groups is 1. The summed E-state index contributed by atoms with van der Waals surface area (Å²) in [7, 11) is 0. The molecule has 1 saturated heterocycles. The number of thiazole rings is 1. The van der Waals surface area contributed by atoms with Crippen LogP contribution in [0.1, 0.15) is 31.2 Å². The summed E-state index contributed by atoms with van der Waals surface area (Å²) < 4.78 is 6.20. The van der Waals surface area contributed by atoms with Crippen LogP contribution in [0.2, 0.25) is 0 Å². The van der Waals surface area contributed by atoms with Gasteiger partial charge in [0, 0.05) is 43.3 Å². The molecular formula is C20H27N5OS. The molecule has 0 atom stereocenters. The average Bonchev–Trinajstić information content (AvgIpc) is 3.41. The lowest BCUT2D eigenvalue weighted by Crippen LogP contribution is -2.51. The van der Waals surface area contributed by atoms with Crippen LogP contribution in [0.5, 0.6) is 5.75 Å². The second kappa shape index (κ2) is 8.61. The molecule has 1 aliphatic heterocycles. The maximum atomic E-state index is 6.28. The van der Waals surface area contributed by atoms with E-state index < -0.39 is 0 Å². The number of hydrogen-bond acceptors (Lipinski definition) is 5. The summed E-state index contributed by atoms with van der Waals surface area (Å²) in [6.45, 7) is 4.14. The largest absolute Gasteiger partial charge is 0.490 e. The van der Waals surface area contributed by atoms with Crippen molar-refractivity contribution in [2.24, 2.45) is 10.7 Å². The van der Waals surface area contributed by atoms with Gasteiger partial charge in [0.05, 0.1) is 12.6 Å². The third kappa shape index (κ3) is 4.53. The Morgan fingerprint density at radius 3 is 2.70 bits per heavy atom. The van der Waals surface area contributed by atoms with E-state index in [2.05, 4.69) is 25.8 Å². The lowest BCUT2D eigenvalue weighted by atomic mass is 10.2. The summed E-state index contributed by atoms with van der Waals surface area (Å²) >= 11 is 1.68. The number of piperazine rings is 1. The standard InChI is InChI=1S/C20H27N5OS/c21-19(24-10-12-25(13-11-24)20-22-9-14-27-20)23-15-16-5-1-4-8-18(16)26-17-6-2-3-7-17/h1,4-5,8-9,14,17H,2-3,6-7,10-13,15H2,(H2,21,23). The fourth-order valence-corrected chi connectivity index (χ4v) is 4.40. The number of hydrogen-bond donors (Lipinski definition) is 1. The lowest BCUT2D eigenvalue weighted by molar-refractivity contribution is 0.208. The van der Waals surface area contributed by atoms with Gasteiger partial charge in [-0.3, -0.25) is 0 Å². The minimum Gasteiger partial charge on any atom is -0.490 e. The molecule has 2 fully saturated rings. The summed E-state index contributed by atoms with van der Waals surface area (Å²) in [6.07, 6.45) is 7.06. The van der Waals surface area contributed by atoms with E-state index in [0.29, 0.717) is 18.6 Å². The average molecular weight is 386 g/mol.